The molecule has 4 rings (SSSR count). The molecule has 0 radical (unpaired) electrons. The maximum absolute atomic E-state index is 12.8. The molecular formula is C19H21N3O3. The van der Waals surface area contributed by atoms with Gasteiger partial charge in [0.15, 0.2) is 5.92 Å². The Hall–Kier alpha value is -2.50. The van der Waals surface area contributed by atoms with Crippen LogP contribution in [0.15, 0.2) is 35.3 Å². The molecule has 2 bridgehead atoms. The van der Waals surface area contributed by atoms with E-state index in [1.165, 1.54) is 17.5 Å². The average Bonchev–Trinajstić information content (AvgIpc) is 3.22. The molecule has 2 aliphatic carbocycles. The zero-order valence-electron chi connectivity index (χ0n) is 13.9. The molecule has 1 aromatic rings. The van der Waals surface area contributed by atoms with Gasteiger partial charge < -0.3 is 0 Å². The number of urea groups is 1. The second-order valence-electron chi connectivity index (χ2n) is 7.20. The summed E-state index contributed by atoms with van der Waals surface area (Å²) in [6, 6.07) is 8.99. The lowest BCUT2D eigenvalue weighted by Crippen LogP contribution is -2.62. The van der Waals surface area contributed by atoms with E-state index in [1.807, 2.05) is 30.3 Å². The van der Waals surface area contributed by atoms with Gasteiger partial charge in [0.2, 0.25) is 11.8 Å². The van der Waals surface area contributed by atoms with Crippen molar-refractivity contribution in [3.8, 4) is 0 Å². The van der Waals surface area contributed by atoms with Crippen LogP contribution in [-0.2, 0) is 16.1 Å². The van der Waals surface area contributed by atoms with Gasteiger partial charge in [-0.15, -0.1) is 0 Å². The molecule has 1 aliphatic heterocycles. The fraction of sp³-hybridized carbons (Fsp3) is 0.474. The predicted molar refractivity (Wildman–Crippen MR) is 91.7 cm³/mol. The Labute approximate surface area is 146 Å². The molecule has 1 heterocycles. The van der Waals surface area contributed by atoms with Crippen molar-refractivity contribution in [3.05, 3.63) is 35.9 Å². The van der Waals surface area contributed by atoms with Crippen LogP contribution in [0, 0.1) is 17.8 Å². The van der Waals surface area contributed by atoms with E-state index in [1.54, 1.807) is 0 Å². The first-order valence-electron chi connectivity index (χ1n) is 8.85. The molecule has 25 heavy (non-hydrogen) atoms. The van der Waals surface area contributed by atoms with Crippen LogP contribution < -0.4 is 5.32 Å². The van der Waals surface area contributed by atoms with Crippen molar-refractivity contribution in [1.82, 2.24) is 10.2 Å². The maximum Gasteiger partial charge on any atom is 0.331 e. The van der Waals surface area contributed by atoms with E-state index < -0.39 is 23.8 Å². The Kier molecular flexibility index (Phi) is 4.11. The van der Waals surface area contributed by atoms with Crippen LogP contribution in [0.2, 0.25) is 0 Å². The number of nitrogens with one attached hydrogen (secondary N) is 1. The second kappa shape index (κ2) is 6.43. The molecule has 4 amide bonds. The lowest BCUT2D eigenvalue weighted by atomic mass is 9.92. The molecule has 0 unspecified atom stereocenters. The fourth-order valence-electron chi connectivity index (χ4n) is 4.43. The Balaban J connectivity index is 1.48. The normalized spacial score (nSPS) is 31.8. The van der Waals surface area contributed by atoms with Gasteiger partial charge >= 0.3 is 6.03 Å². The van der Waals surface area contributed by atoms with Gasteiger partial charge in [0.1, 0.15) is 0 Å². The molecule has 1 aromatic carbocycles. The van der Waals surface area contributed by atoms with Crippen LogP contribution in [0.4, 0.5) is 4.79 Å². The number of amides is 4. The number of carbonyl (C=O) groups excluding carboxylic acids is 3. The van der Waals surface area contributed by atoms with E-state index in [0.29, 0.717) is 18.4 Å². The van der Waals surface area contributed by atoms with Crippen molar-refractivity contribution in [2.45, 2.75) is 38.3 Å². The van der Waals surface area contributed by atoms with E-state index in [2.05, 4.69) is 10.3 Å². The van der Waals surface area contributed by atoms with E-state index in [9.17, 15) is 14.4 Å². The average molecular weight is 339 g/mol. The lowest BCUT2D eigenvalue weighted by molar-refractivity contribution is -0.141. The van der Waals surface area contributed by atoms with Crippen LogP contribution in [-0.4, -0.2) is 35.0 Å². The molecule has 1 N–H and O–H groups in total. The number of nitrogens with zero attached hydrogens (tertiary/aromatic N) is 2. The Bertz CT molecular complexity index is 731. The maximum atomic E-state index is 12.8. The Morgan fingerprint density at radius 3 is 2.60 bits per heavy atom. The largest absolute Gasteiger partial charge is 0.331 e. The summed E-state index contributed by atoms with van der Waals surface area (Å²) >= 11 is 0. The summed E-state index contributed by atoms with van der Waals surface area (Å²) in [4.78, 5) is 42.7. The van der Waals surface area contributed by atoms with Crippen molar-refractivity contribution in [3.63, 3.8) is 0 Å². The summed E-state index contributed by atoms with van der Waals surface area (Å²) < 4.78 is 0. The SMILES string of the molecule is O=C1NC(=O)N([C@@H]2C[C@H]3CC[C@H]2C3)C(=O)[C@@H]1C=NCc1ccccc1. The molecule has 6 nitrogen and oxygen atoms in total. The van der Waals surface area contributed by atoms with Gasteiger partial charge in [-0.3, -0.25) is 24.8 Å². The number of hydrogen-bond acceptors (Lipinski definition) is 4. The highest BCUT2D eigenvalue weighted by molar-refractivity contribution is 6.23. The van der Waals surface area contributed by atoms with Crippen LogP contribution in [0.3, 0.4) is 0 Å². The third kappa shape index (κ3) is 2.97. The first-order chi connectivity index (χ1) is 12.1. The van der Waals surface area contributed by atoms with E-state index in [-0.39, 0.29) is 6.04 Å². The van der Waals surface area contributed by atoms with E-state index >= 15 is 0 Å². The van der Waals surface area contributed by atoms with Gasteiger partial charge in [-0.25, -0.2) is 4.79 Å². The first-order valence-corrected chi connectivity index (χ1v) is 8.85. The Morgan fingerprint density at radius 1 is 1.12 bits per heavy atom. The highest BCUT2D eigenvalue weighted by Gasteiger charge is 2.50. The molecule has 4 atom stereocenters. The number of barbiturate groups is 1. The first kappa shape index (κ1) is 16.0. The summed E-state index contributed by atoms with van der Waals surface area (Å²) in [7, 11) is 0. The highest BCUT2D eigenvalue weighted by Crippen LogP contribution is 2.47. The predicted octanol–water partition coefficient (Wildman–Crippen LogP) is 2.14. The van der Waals surface area contributed by atoms with Gasteiger partial charge in [0.25, 0.3) is 0 Å². The lowest BCUT2D eigenvalue weighted by Gasteiger charge is -2.36. The fourth-order valence-corrected chi connectivity index (χ4v) is 4.43. The molecule has 0 spiro atoms. The van der Waals surface area contributed by atoms with Gasteiger partial charge in [-0.05, 0) is 36.7 Å². The number of imide groups is 2. The second-order valence-corrected chi connectivity index (χ2v) is 7.20. The molecular weight excluding hydrogens is 318 g/mol. The zero-order valence-corrected chi connectivity index (χ0v) is 13.9. The Morgan fingerprint density at radius 2 is 1.92 bits per heavy atom. The van der Waals surface area contributed by atoms with Gasteiger partial charge in [-0.1, -0.05) is 36.8 Å². The van der Waals surface area contributed by atoms with Gasteiger partial charge in [-0.2, -0.15) is 0 Å². The highest BCUT2D eigenvalue weighted by atomic mass is 16.2. The minimum absolute atomic E-state index is 0.0654. The topological polar surface area (TPSA) is 78.8 Å². The van der Waals surface area contributed by atoms with E-state index in [4.69, 9.17) is 0 Å². The summed E-state index contributed by atoms with van der Waals surface area (Å²) in [6.07, 6.45) is 5.59. The number of hydrogen-bond donors (Lipinski definition) is 1. The number of fused-ring (bicyclic) bond motifs is 2. The number of carbonyl (C=O) groups is 3. The van der Waals surface area contributed by atoms with Crippen molar-refractivity contribution >= 4 is 24.1 Å². The van der Waals surface area contributed by atoms with Crippen LogP contribution >= 0.6 is 0 Å². The smallest absolute Gasteiger partial charge is 0.291 e. The van der Waals surface area contributed by atoms with Crippen LogP contribution in [0.25, 0.3) is 0 Å². The molecule has 3 aliphatic rings. The van der Waals surface area contributed by atoms with Gasteiger partial charge in [0.05, 0.1) is 6.54 Å². The van der Waals surface area contributed by atoms with Crippen molar-refractivity contribution < 1.29 is 14.4 Å². The molecule has 6 heteroatoms. The third-order valence-electron chi connectivity index (χ3n) is 5.64. The van der Waals surface area contributed by atoms with Crippen LogP contribution in [0.5, 0.6) is 0 Å². The minimum atomic E-state index is -1.01. The standard InChI is InChI=1S/C19H21N3O3/c23-17-15(11-20-10-12-4-2-1-3-5-12)18(24)22(19(25)21-17)16-9-13-6-7-14(16)8-13/h1-5,11,13-16H,6-10H2,(H,21,23,25)/t13-,14-,15+,16+/m0/s1. The van der Waals surface area contributed by atoms with E-state index in [0.717, 1.165) is 24.8 Å². The quantitative estimate of drug-likeness (QED) is 0.674. The molecule has 3 fully saturated rings. The zero-order chi connectivity index (χ0) is 17.4. The van der Waals surface area contributed by atoms with Gasteiger partial charge in [0, 0.05) is 12.3 Å². The summed E-state index contributed by atoms with van der Waals surface area (Å²) in [6.45, 7) is 0.403. The number of rotatable bonds is 4. The summed E-state index contributed by atoms with van der Waals surface area (Å²) in [5.41, 5.74) is 1.00. The van der Waals surface area contributed by atoms with Crippen molar-refractivity contribution in [2.75, 3.05) is 0 Å². The molecule has 2 saturated carbocycles. The van der Waals surface area contributed by atoms with Crippen molar-refractivity contribution in [1.29, 1.82) is 0 Å². The minimum Gasteiger partial charge on any atom is -0.291 e. The van der Waals surface area contributed by atoms with Crippen molar-refractivity contribution in [2.24, 2.45) is 22.7 Å². The molecule has 0 aromatic heterocycles. The monoisotopic (exact) mass is 339 g/mol. The summed E-state index contributed by atoms with van der Waals surface area (Å²) in [5, 5.41) is 2.33. The summed E-state index contributed by atoms with van der Waals surface area (Å²) in [5.74, 6) is -1.02. The third-order valence-corrected chi connectivity index (χ3v) is 5.64. The molecule has 130 valence electrons. The van der Waals surface area contributed by atoms with Crippen LogP contribution in [0.1, 0.15) is 31.2 Å². The molecule has 1 saturated heterocycles. The number of aliphatic imine (C=N–C) groups is 1. The number of benzene rings is 1.